The summed E-state index contributed by atoms with van der Waals surface area (Å²) in [5.74, 6) is -2.40. The third-order valence-corrected chi connectivity index (χ3v) is 3.51. The van der Waals surface area contributed by atoms with Crippen LogP contribution in [-0.4, -0.2) is 26.6 Å². The van der Waals surface area contributed by atoms with Crippen LogP contribution in [0.1, 0.15) is 23.9 Å². The number of fused-ring (bicyclic) bond motifs is 3. The van der Waals surface area contributed by atoms with Crippen LogP contribution in [0.2, 0.25) is 0 Å². The lowest BCUT2D eigenvalue weighted by molar-refractivity contribution is -0.146. The normalized spacial score (nSPS) is 13.2. The maximum Gasteiger partial charge on any atom is 0.372 e. The summed E-state index contributed by atoms with van der Waals surface area (Å²) in [5, 5.41) is 9.10. The molecule has 112 valence electrons. The number of aromatic nitrogens is 2. The summed E-state index contributed by atoms with van der Waals surface area (Å²) >= 11 is 0. The molecule has 1 N–H and O–H groups in total. The Morgan fingerprint density at radius 1 is 1.32 bits per heavy atom. The molecular weight excluding hydrogens is 284 g/mol. The van der Waals surface area contributed by atoms with E-state index in [4.69, 9.17) is 9.84 Å². The Labute approximate surface area is 126 Å². The Morgan fingerprint density at radius 2 is 2.09 bits per heavy atom. The number of imidazole rings is 1. The van der Waals surface area contributed by atoms with Crippen LogP contribution in [0.3, 0.4) is 0 Å². The highest BCUT2D eigenvalue weighted by Gasteiger charge is 2.20. The number of para-hydroxylation sites is 1. The van der Waals surface area contributed by atoms with Crippen molar-refractivity contribution in [2.24, 2.45) is 0 Å². The quantitative estimate of drug-likeness (QED) is 0.532. The van der Waals surface area contributed by atoms with Crippen molar-refractivity contribution in [3.05, 3.63) is 53.3 Å². The van der Waals surface area contributed by atoms with Gasteiger partial charge in [0.2, 0.25) is 5.76 Å². The van der Waals surface area contributed by atoms with Crippen molar-refractivity contribution in [3.63, 3.8) is 0 Å². The molecule has 0 amide bonds. The number of hydrogen-bond acceptors (Lipinski definition) is 4. The summed E-state index contributed by atoms with van der Waals surface area (Å²) in [5.41, 5.74) is 3.68. The molecule has 22 heavy (non-hydrogen) atoms. The number of carboxylic acid groups (broad SMARTS) is 1. The second-order valence-corrected chi connectivity index (χ2v) is 4.98. The Kier molecular flexibility index (Phi) is 3.50. The molecule has 6 nitrogen and oxygen atoms in total. The highest BCUT2D eigenvalue weighted by atomic mass is 16.6. The minimum absolute atomic E-state index is 0.423. The molecule has 0 atom stereocenters. The van der Waals surface area contributed by atoms with Crippen molar-refractivity contribution in [2.75, 3.05) is 0 Å². The van der Waals surface area contributed by atoms with Crippen LogP contribution < -0.4 is 0 Å². The smallest absolute Gasteiger partial charge is 0.372 e. The zero-order valence-corrected chi connectivity index (χ0v) is 11.9. The molecular formula is C16H14N2O4. The Bertz CT molecular complexity index is 789. The van der Waals surface area contributed by atoms with Gasteiger partial charge >= 0.3 is 11.9 Å². The lowest BCUT2D eigenvalue weighted by Gasteiger charge is -2.19. The average Bonchev–Trinajstić information content (AvgIpc) is 2.89. The molecule has 6 heteroatoms. The fourth-order valence-corrected chi connectivity index (χ4v) is 2.59. The standard InChI is InChI=1S/C16H14N2O4/c1-10(19)22-15(16(20)21)8-12-14-7-6-11-4-2-3-5-13(11)18(14)9-17-12/h2-5,8-9H,6-7H2,1H3,(H,20,21). The molecule has 0 fully saturated rings. The third-order valence-electron chi connectivity index (χ3n) is 3.51. The molecule has 0 unspecified atom stereocenters. The number of aliphatic carboxylic acids is 1. The van der Waals surface area contributed by atoms with Gasteiger partial charge in [0, 0.05) is 18.7 Å². The van der Waals surface area contributed by atoms with E-state index in [0.29, 0.717) is 5.69 Å². The maximum absolute atomic E-state index is 11.1. The average molecular weight is 298 g/mol. The highest BCUT2D eigenvalue weighted by molar-refractivity contribution is 5.92. The van der Waals surface area contributed by atoms with E-state index in [1.807, 2.05) is 22.8 Å². The van der Waals surface area contributed by atoms with Crippen molar-refractivity contribution in [1.82, 2.24) is 9.55 Å². The first kappa shape index (κ1) is 14.1. The van der Waals surface area contributed by atoms with Gasteiger partial charge in [0.15, 0.2) is 0 Å². The van der Waals surface area contributed by atoms with Gasteiger partial charge in [0.25, 0.3) is 0 Å². The largest absolute Gasteiger partial charge is 0.475 e. The molecule has 1 aliphatic heterocycles. The number of carboxylic acids is 1. The Morgan fingerprint density at radius 3 is 2.82 bits per heavy atom. The molecule has 2 heterocycles. The van der Waals surface area contributed by atoms with Crippen molar-refractivity contribution in [2.45, 2.75) is 19.8 Å². The summed E-state index contributed by atoms with van der Waals surface area (Å²) in [6.07, 6.45) is 4.56. The molecule has 2 aromatic rings. The van der Waals surface area contributed by atoms with Crippen molar-refractivity contribution >= 4 is 18.0 Å². The molecule has 1 aromatic heterocycles. The van der Waals surface area contributed by atoms with Gasteiger partial charge in [-0.15, -0.1) is 0 Å². The summed E-state index contributed by atoms with van der Waals surface area (Å²) in [6, 6.07) is 8.00. The Balaban J connectivity index is 2.04. The number of aryl methyl sites for hydroxylation is 1. The summed E-state index contributed by atoms with van der Waals surface area (Å²) in [6.45, 7) is 1.16. The second kappa shape index (κ2) is 5.48. The second-order valence-electron chi connectivity index (χ2n) is 4.98. The van der Waals surface area contributed by atoms with E-state index >= 15 is 0 Å². The van der Waals surface area contributed by atoms with Crippen LogP contribution in [0.25, 0.3) is 11.8 Å². The van der Waals surface area contributed by atoms with Crippen LogP contribution in [0, 0.1) is 0 Å². The number of ether oxygens (including phenoxy) is 1. The summed E-state index contributed by atoms with van der Waals surface area (Å²) in [4.78, 5) is 26.4. The monoisotopic (exact) mass is 298 g/mol. The van der Waals surface area contributed by atoms with E-state index < -0.39 is 17.7 Å². The molecule has 1 aromatic carbocycles. The molecule has 0 aliphatic carbocycles. The van der Waals surface area contributed by atoms with Crippen LogP contribution in [0.4, 0.5) is 0 Å². The van der Waals surface area contributed by atoms with E-state index in [0.717, 1.165) is 31.1 Å². The van der Waals surface area contributed by atoms with Crippen molar-refractivity contribution in [3.8, 4) is 5.69 Å². The fraction of sp³-hybridized carbons (Fsp3) is 0.188. The number of esters is 1. The van der Waals surface area contributed by atoms with E-state index in [-0.39, 0.29) is 0 Å². The van der Waals surface area contributed by atoms with Crippen LogP contribution in [-0.2, 0) is 27.2 Å². The number of carbonyl (C=O) groups is 2. The van der Waals surface area contributed by atoms with E-state index in [2.05, 4.69) is 11.1 Å². The zero-order chi connectivity index (χ0) is 15.7. The molecule has 0 bridgehead atoms. The lowest BCUT2D eigenvalue weighted by Crippen LogP contribution is -2.12. The molecule has 1 aliphatic rings. The molecule has 0 radical (unpaired) electrons. The van der Waals surface area contributed by atoms with Gasteiger partial charge in [0.1, 0.15) is 6.33 Å². The van der Waals surface area contributed by atoms with Gasteiger partial charge in [-0.25, -0.2) is 9.78 Å². The molecule has 0 spiro atoms. The van der Waals surface area contributed by atoms with Crippen molar-refractivity contribution < 1.29 is 19.4 Å². The molecule has 3 rings (SSSR count). The number of benzene rings is 1. The predicted molar refractivity (Wildman–Crippen MR) is 78.4 cm³/mol. The number of carbonyl (C=O) groups excluding carboxylic acids is 1. The summed E-state index contributed by atoms with van der Waals surface area (Å²) < 4.78 is 6.66. The van der Waals surface area contributed by atoms with Gasteiger partial charge < -0.3 is 14.4 Å². The van der Waals surface area contributed by atoms with E-state index in [9.17, 15) is 9.59 Å². The van der Waals surface area contributed by atoms with Gasteiger partial charge in [-0.05, 0) is 24.5 Å². The van der Waals surface area contributed by atoms with Crippen LogP contribution >= 0.6 is 0 Å². The summed E-state index contributed by atoms with van der Waals surface area (Å²) in [7, 11) is 0. The van der Waals surface area contributed by atoms with Crippen LogP contribution in [0.5, 0.6) is 0 Å². The topological polar surface area (TPSA) is 81.4 Å². The van der Waals surface area contributed by atoms with Gasteiger partial charge in [0.05, 0.1) is 11.4 Å². The predicted octanol–water partition coefficient (Wildman–Crippen LogP) is 1.96. The number of hydrogen-bond donors (Lipinski definition) is 1. The fourth-order valence-electron chi connectivity index (χ4n) is 2.59. The minimum Gasteiger partial charge on any atom is -0.475 e. The maximum atomic E-state index is 11.1. The van der Waals surface area contributed by atoms with Gasteiger partial charge in [-0.3, -0.25) is 4.79 Å². The van der Waals surface area contributed by atoms with E-state index in [1.165, 1.54) is 11.6 Å². The van der Waals surface area contributed by atoms with Crippen LogP contribution in [0.15, 0.2) is 36.4 Å². The first-order valence-corrected chi connectivity index (χ1v) is 6.84. The highest BCUT2D eigenvalue weighted by Crippen LogP contribution is 2.27. The number of rotatable bonds is 3. The van der Waals surface area contributed by atoms with Gasteiger partial charge in [-0.2, -0.15) is 0 Å². The first-order valence-electron chi connectivity index (χ1n) is 6.84. The van der Waals surface area contributed by atoms with Crippen molar-refractivity contribution in [1.29, 1.82) is 0 Å². The zero-order valence-electron chi connectivity index (χ0n) is 11.9. The third kappa shape index (κ3) is 2.50. The number of nitrogens with zero attached hydrogens (tertiary/aromatic N) is 2. The SMILES string of the molecule is CC(=O)OC(=Cc1ncn2c1CCc1ccccc1-2)C(=O)O. The molecule has 0 saturated carbocycles. The van der Waals surface area contributed by atoms with Gasteiger partial charge in [-0.1, -0.05) is 18.2 Å². The van der Waals surface area contributed by atoms with E-state index in [1.54, 1.807) is 6.33 Å². The Hall–Kier alpha value is -2.89. The lowest BCUT2D eigenvalue weighted by atomic mass is 10.0. The first-order chi connectivity index (χ1) is 10.6. The molecule has 0 saturated heterocycles. The minimum atomic E-state index is -1.30.